The Bertz CT molecular complexity index is 595. The van der Waals surface area contributed by atoms with Gasteiger partial charge in [-0.1, -0.05) is 6.92 Å². The highest BCUT2D eigenvalue weighted by atomic mass is 16.5. The molecule has 1 aromatic carbocycles. The van der Waals surface area contributed by atoms with E-state index in [4.69, 9.17) is 9.47 Å². The van der Waals surface area contributed by atoms with Crippen LogP contribution in [0.2, 0.25) is 0 Å². The Morgan fingerprint density at radius 3 is 2.33 bits per heavy atom. The fourth-order valence-electron chi connectivity index (χ4n) is 3.61. The van der Waals surface area contributed by atoms with Crippen LogP contribution in [0.4, 0.5) is 0 Å². The lowest BCUT2D eigenvalue weighted by Gasteiger charge is -2.34. The number of ether oxygens (including phenoxy) is 2. The molecule has 3 rings (SSSR count). The van der Waals surface area contributed by atoms with Crippen LogP contribution in [0.5, 0.6) is 11.5 Å². The minimum absolute atomic E-state index is 0.241. The van der Waals surface area contributed by atoms with Crippen molar-refractivity contribution in [1.82, 2.24) is 9.80 Å². The molecule has 2 heterocycles. The standard InChI is InChI=1S/C19H28N2O3/c1-14-4-7-20(8-5-14)13-19(22)21-9-6-15-10-17(23-2)18(24-3)11-16(15)12-21/h10-11,14H,4-9,12-13H2,1-3H3. The maximum Gasteiger partial charge on any atom is 0.237 e. The molecule has 2 aliphatic rings. The van der Waals surface area contributed by atoms with Crippen molar-refractivity contribution < 1.29 is 14.3 Å². The van der Waals surface area contributed by atoms with Crippen LogP contribution in [0, 0.1) is 5.92 Å². The van der Waals surface area contributed by atoms with E-state index >= 15 is 0 Å². The van der Waals surface area contributed by atoms with Crippen LogP contribution in [-0.2, 0) is 17.8 Å². The van der Waals surface area contributed by atoms with Crippen LogP contribution in [0.15, 0.2) is 12.1 Å². The van der Waals surface area contributed by atoms with E-state index in [9.17, 15) is 4.79 Å². The van der Waals surface area contributed by atoms with Crippen LogP contribution >= 0.6 is 0 Å². The summed E-state index contributed by atoms with van der Waals surface area (Å²) in [6.07, 6.45) is 3.28. The fourth-order valence-corrected chi connectivity index (χ4v) is 3.61. The van der Waals surface area contributed by atoms with E-state index in [1.54, 1.807) is 14.2 Å². The summed E-state index contributed by atoms with van der Waals surface area (Å²) in [4.78, 5) is 16.9. The van der Waals surface area contributed by atoms with E-state index in [2.05, 4.69) is 11.8 Å². The van der Waals surface area contributed by atoms with Crippen LogP contribution < -0.4 is 9.47 Å². The number of amides is 1. The van der Waals surface area contributed by atoms with Gasteiger partial charge in [0.25, 0.3) is 0 Å². The summed E-state index contributed by atoms with van der Waals surface area (Å²) < 4.78 is 10.8. The number of fused-ring (bicyclic) bond motifs is 1. The zero-order valence-electron chi connectivity index (χ0n) is 15.0. The Balaban J connectivity index is 1.64. The maximum atomic E-state index is 12.7. The minimum Gasteiger partial charge on any atom is -0.493 e. The Kier molecular flexibility index (Phi) is 5.29. The zero-order valence-corrected chi connectivity index (χ0v) is 15.0. The van der Waals surface area contributed by atoms with Crippen molar-refractivity contribution in [3.05, 3.63) is 23.3 Å². The second-order valence-electron chi connectivity index (χ2n) is 7.00. The van der Waals surface area contributed by atoms with Crippen LogP contribution in [0.1, 0.15) is 30.9 Å². The quantitative estimate of drug-likeness (QED) is 0.849. The highest BCUT2D eigenvalue weighted by Crippen LogP contribution is 2.33. The fraction of sp³-hybridized carbons (Fsp3) is 0.632. The van der Waals surface area contributed by atoms with Gasteiger partial charge in [-0.2, -0.15) is 0 Å². The van der Waals surface area contributed by atoms with Gasteiger partial charge in [0, 0.05) is 13.1 Å². The van der Waals surface area contributed by atoms with Gasteiger partial charge in [-0.15, -0.1) is 0 Å². The Morgan fingerprint density at radius 1 is 1.08 bits per heavy atom. The lowest BCUT2D eigenvalue weighted by atomic mass is 9.98. The number of benzene rings is 1. The van der Waals surface area contributed by atoms with E-state index in [1.165, 1.54) is 24.0 Å². The summed E-state index contributed by atoms with van der Waals surface area (Å²) in [6.45, 7) is 6.38. The van der Waals surface area contributed by atoms with Crippen LogP contribution in [-0.4, -0.2) is 56.1 Å². The van der Waals surface area contributed by atoms with Gasteiger partial charge in [-0.25, -0.2) is 0 Å². The molecule has 5 nitrogen and oxygen atoms in total. The van der Waals surface area contributed by atoms with Gasteiger partial charge >= 0.3 is 0 Å². The highest BCUT2D eigenvalue weighted by molar-refractivity contribution is 5.78. The molecule has 0 N–H and O–H groups in total. The highest BCUT2D eigenvalue weighted by Gasteiger charge is 2.25. The van der Waals surface area contributed by atoms with E-state index < -0.39 is 0 Å². The minimum atomic E-state index is 0.241. The maximum absolute atomic E-state index is 12.7. The molecule has 0 spiro atoms. The third-order valence-electron chi connectivity index (χ3n) is 5.31. The second-order valence-corrected chi connectivity index (χ2v) is 7.00. The molecular weight excluding hydrogens is 304 g/mol. The number of carbonyl (C=O) groups is 1. The number of likely N-dealkylation sites (tertiary alicyclic amines) is 1. The van der Waals surface area contributed by atoms with Crippen molar-refractivity contribution in [3.63, 3.8) is 0 Å². The van der Waals surface area contributed by atoms with Crippen molar-refractivity contribution in [1.29, 1.82) is 0 Å². The third kappa shape index (κ3) is 3.66. The average Bonchev–Trinajstić information content (AvgIpc) is 2.61. The van der Waals surface area contributed by atoms with Gasteiger partial charge in [0.05, 0.1) is 20.8 Å². The smallest absolute Gasteiger partial charge is 0.237 e. The Hall–Kier alpha value is -1.75. The average molecular weight is 332 g/mol. The lowest BCUT2D eigenvalue weighted by Crippen LogP contribution is -2.44. The molecule has 0 unspecified atom stereocenters. The van der Waals surface area contributed by atoms with Crippen molar-refractivity contribution in [2.75, 3.05) is 40.4 Å². The third-order valence-corrected chi connectivity index (χ3v) is 5.31. The molecular formula is C19H28N2O3. The van der Waals surface area contributed by atoms with Crippen LogP contribution in [0.3, 0.4) is 0 Å². The Labute approximate surface area is 144 Å². The molecule has 5 heteroatoms. The van der Waals surface area contributed by atoms with Crippen molar-refractivity contribution in [3.8, 4) is 11.5 Å². The number of rotatable bonds is 4. The molecule has 0 saturated carbocycles. The summed E-state index contributed by atoms with van der Waals surface area (Å²) in [5.74, 6) is 2.53. The van der Waals surface area contributed by atoms with E-state index in [1.807, 2.05) is 17.0 Å². The summed E-state index contributed by atoms with van der Waals surface area (Å²) in [6, 6.07) is 4.05. The first-order chi connectivity index (χ1) is 11.6. The van der Waals surface area contributed by atoms with Gasteiger partial charge < -0.3 is 14.4 Å². The number of carbonyl (C=O) groups excluding carboxylic acids is 1. The first-order valence-electron chi connectivity index (χ1n) is 8.84. The number of nitrogens with zero attached hydrogens (tertiary/aromatic N) is 2. The molecule has 0 atom stereocenters. The predicted molar refractivity (Wildman–Crippen MR) is 93.5 cm³/mol. The first-order valence-corrected chi connectivity index (χ1v) is 8.84. The van der Waals surface area contributed by atoms with Gasteiger partial charge in [-0.3, -0.25) is 9.69 Å². The SMILES string of the molecule is COc1cc2c(cc1OC)CN(C(=O)CN1CCC(C)CC1)CC2. The molecule has 132 valence electrons. The number of hydrogen-bond acceptors (Lipinski definition) is 4. The van der Waals surface area contributed by atoms with Crippen LogP contribution in [0.25, 0.3) is 0 Å². The molecule has 24 heavy (non-hydrogen) atoms. The molecule has 0 bridgehead atoms. The molecule has 0 radical (unpaired) electrons. The molecule has 1 amide bonds. The zero-order chi connectivity index (χ0) is 17.1. The van der Waals surface area contributed by atoms with Gasteiger partial charge in [0.15, 0.2) is 11.5 Å². The lowest BCUT2D eigenvalue weighted by molar-refractivity contribution is -0.133. The molecule has 0 aliphatic carbocycles. The number of piperidine rings is 1. The van der Waals surface area contributed by atoms with E-state index in [-0.39, 0.29) is 5.91 Å². The molecule has 2 aliphatic heterocycles. The monoisotopic (exact) mass is 332 g/mol. The first kappa shape index (κ1) is 17.1. The van der Waals surface area contributed by atoms with Gasteiger partial charge in [-0.05, 0) is 61.5 Å². The molecule has 1 aromatic rings. The summed E-state index contributed by atoms with van der Waals surface area (Å²) in [7, 11) is 3.30. The molecule has 1 fully saturated rings. The van der Waals surface area contributed by atoms with Gasteiger partial charge in [0.2, 0.25) is 5.91 Å². The van der Waals surface area contributed by atoms with Gasteiger partial charge in [0.1, 0.15) is 0 Å². The van der Waals surface area contributed by atoms with Crippen molar-refractivity contribution >= 4 is 5.91 Å². The van der Waals surface area contributed by atoms with Crippen molar-refractivity contribution in [2.45, 2.75) is 32.7 Å². The predicted octanol–water partition coefficient (Wildman–Crippen LogP) is 2.32. The summed E-state index contributed by atoms with van der Waals surface area (Å²) >= 11 is 0. The van der Waals surface area contributed by atoms with E-state index in [0.717, 1.165) is 43.5 Å². The van der Waals surface area contributed by atoms with E-state index in [0.29, 0.717) is 13.1 Å². The largest absolute Gasteiger partial charge is 0.493 e. The molecule has 0 aromatic heterocycles. The summed E-state index contributed by atoms with van der Waals surface area (Å²) in [5.41, 5.74) is 2.42. The van der Waals surface area contributed by atoms with Crippen molar-refractivity contribution in [2.24, 2.45) is 5.92 Å². The normalized spacial score (nSPS) is 19.0. The topological polar surface area (TPSA) is 42.0 Å². The number of methoxy groups -OCH3 is 2. The second kappa shape index (κ2) is 7.43. The Morgan fingerprint density at radius 2 is 1.71 bits per heavy atom. The molecule has 1 saturated heterocycles. The summed E-state index contributed by atoms with van der Waals surface area (Å²) in [5, 5.41) is 0. The number of hydrogen-bond donors (Lipinski definition) is 0.